The molecule has 0 fully saturated rings. The van der Waals surface area contributed by atoms with Gasteiger partial charge in [-0.2, -0.15) is 5.10 Å². The van der Waals surface area contributed by atoms with E-state index in [-0.39, 0.29) is 5.91 Å². The van der Waals surface area contributed by atoms with Crippen LogP contribution < -0.4 is 5.43 Å². The molecule has 0 saturated heterocycles. The normalized spacial score (nSPS) is 10.8. The van der Waals surface area contributed by atoms with Crippen molar-refractivity contribution in [2.45, 2.75) is 0 Å². The smallest absolute Gasteiger partial charge is 0.273 e. The van der Waals surface area contributed by atoms with Crippen LogP contribution in [-0.4, -0.2) is 16.7 Å². The maximum absolute atomic E-state index is 12.3. The van der Waals surface area contributed by atoms with Gasteiger partial charge in [-0.1, -0.05) is 35.9 Å². The van der Waals surface area contributed by atoms with Crippen molar-refractivity contribution in [1.82, 2.24) is 9.99 Å². The second kappa shape index (κ2) is 6.94. The fraction of sp³-hybridized carbons (Fsp3) is 0. The fourth-order valence-electron chi connectivity index (χ4n) is 2.16. The number of hydrazone groups is 1. The van der Waals surface area contributed by atoms with E-state index in [4.69, 9.17) is 11.6 Å². The molecule has 0 spiro atoms. The number of carbonyl (C=O) groups is 1. The van der Waals surface area contributed by atoms with Gasteiger partial charge in [0.15, 0.2) is 0 Å². The highest BCUT2D eigenvalue weighted by atomic mass is 35.5. The SMILES string of the molecule is O=C(N/N=C\c1ccc(Cl)cc1)c1ccccc1-n1cccc1. The van der Waals surface area contributed by atoms with Gasteiger partial charge in [0.25, 0.3) is 5.91 Å². The lowest BCUT2D eigenvalue weighted by molar-refractivity contribution is 0.0955. The van der Waals surface area contributed by atoms with Crippen molar-refractivity contribution in [1.29, 1.82) is 0 Å². The maximum atomic E-state index is 12.3. The molecule has 114 valence electrons. The van der Waals surface area contributed by atoms with E-state index in [9.17, 15) is 4.79 Å². The molecule has 1 aromatic heterocycles. The Morgan fingerprint density at radius 1 is 1.00 bits per heavy atom. The van der Waals surface area contributed by atoms with Crippen LogP contribution in [0.25, 0.3) is 5.69 Å². The van der Waals surface area contributed by atoms with Gasteiger partial charge in [-0.05, 0) is 42.0 Å². The standard InChI is InChI=1S/C18H14ClN3O/c19-15-9-7-14(8-10-15)13-20-21-18(23)16-5-1-2-6-17(16)22-11-3-4-12-22/h1-13H,(H,21,23)/b20-13-. The van der Waals surface area contributed by atoms with Crippen LogP contribution in [0.5, 0.6) is 0 Å². The summed E-state index contributed by atoms with van der Waals surface area (Å²) in [6, 6.07) is 18.4. The van der Waals surface area contributed by atoms with Crippen LogP contribution in [0, 0.1) is 0 Å². The molecule has 3 rings (SSSR count). The van der Waals surface area contributed by atoms with E-state index in [0.717, 1.165) is 11.3 Å². The number of carbonyl (C=O) groups excluding carboxylic acids is 1. The van der Waals surface area contributed by atoms with Gasteiger partial charge in [-0.3, -0.25) is 4.79 Å². The highest BCUT2D eigenvalue weighted by Crippen LogP contribution is 2.14. The molecule has 1 heterocycles. The molecule has 0 atom stereocenters. The Morgan fingerprint density at radius 2 is 1.70 bits per heavy atom. The molecule has 0 aliphatic rings. The topological polar surface area (TPSA) is 46.4 Å². The summed E-state index contributed by atoms with van der Waals surface area (Å²) in [5.41, 5.74) is 4.76. The third-order valence-corrected chi connectivity index (χ3v) is 3.53. The fourth-order valence-corrected chi connectivity index (χ4v) is 2.29. The number of halogens is 1. The van der Waals surface area contributed by atoms with Crippen LogP contribution in [0.2, 0.25) is 5.02 Å². The van der Waals surface area contributed by atoms with E-state index in [1.807, 2.05) is 59.4 Å². The molecule has 4 nitrogen and oxygen atoms in total. The Hall–Kier alpha value is -2.85. The Balaban J connectivity index is 1.75. The van der Waals surface area contributed by atoms with Crippen LogP contribution in [0.15, 0.2) is 78.2 Å². The van der Waals surface area contributed by atoms with Crippen molar-refractivity contribution in [2.24, 2.45) is 5.10 Å². The highest BCUT2D eigenvalue weighted by molar-refractivity contribution is 6.30. The van der Waals surface area contributed by atoms with E-state index in [1.54, 1.807) is 24.4 Å². The van der Waals surface area contributed by atoms with Crippen LogP contribution in [0.4, 0.5) is 0 Å². The summed E-state index contributed by atoms with van der Waals surface area (Å²) in [5.74, 6) is -0.264. The predicted octanol–water partition coefficient (Wildman–Crippen LogP) is 3.89. The molecule has 0 radical (unpaired) electrons. The zero-order valence-electron chi connectivity index (χ0n) is 12.2. The highest BCUT2D eigenvalue weighted by Gasteiger charge is 2.10. The lowest BCUT2D eigenvalue weighted by Gasteiger charge is -2.08. The number of amides is 1. The first-order chi connectivity index (χ1) is 11.2. The molecule has 5 heteroatoms. The Bertz CT molecular complexity index is 824. The number of hydrogen-bond acceptors (Lipinski definition) is 2. The summed E-state index contributed by atoms with van der Waals surface area (Å²) in [6.07, 6.45) is 5.36. The number of hydrogen-bond donors (Lipinski definition) is 1. The summed E-state index contributed by atoms with van der Waals surface area (Å²) in [5, 5.41) is 4.65. The monoisotopic (exact) mass is 323 g/mol. The first kappa shape index (κ1) is 15.1. The minimum atomic E-state index is -0.264. The van der Waals surface area contributed by atoms with Gasteiger partial charge in [0, 0.05) is 17.4 Å². The van der Waals surface area contributed by atoms with Gasteiger partial charge in [-0.15, -0.1) is 0 Å². The number of rotatable bonds is 4. The van der Waals surface area contributed by atoms with Gasteiger partial charge in [0.05, 0.1) is 17.5 Å². The Kier molecular flexibility index (Phi) is 4.54. The van der Waals surface area contributed by atoms with Gasteiger partial charge in [0.2, 0.25) is 0 Å². The average Bonchev–Trinajstić information content (AvgIpc) is 3.11. The van der Waals surface area contributed by atoms with Gasteiger partial charge in [0.1, 0.15) is 0 Å². The van der Waals surface area contributed by atoms with Gasteiger partial charge >= 0.3 is 0 Å². The first-order valence-corrected chi connectivity index (χ1v) is 7.43. The molecular formula is C18H14ClN3O. The second-order valence-corrected chi connectivity index (χ2v) is 5.29. The van der Waals surface area contributed by atoms with Crippen LogP contribution in [0.3, 0.4) is 0 Å². The van der Waals surface area contributed by atoms with E-state index in [0.29, 0.717) is 10.6 Å². The number of aromatic nitrogens is 1. The summed E-state index contributed by atoms with van der Waals surface area (Å²) in [4.78, 5) is 12.3. The molecule has 0 unspecified atom stereocenters. The molecule has 0 saturated carbocycles. The van der Waals surface area contributed by atoms with E-state index in [2.05, 4.69) is 10.5 Å². The summed E-state index contributed by atoms with van der Waals surface area (Å²) in [6.45, 7) is 0. The number of benzene rings is 2. The van der Waals surface area contributed by atoms with Crippen molar-refractivity contribution in [2.75, 3.05) is 0 Å². The third-order valence-electron chi connectivity index (χ3n) is 3.28. The average molecular weight is 324 g/mol. The molecule has 3 aromatic rings. The number of para-hydroxylation sites is 1. The lowest BCUT2D eigenvalue weighted by atomic mass is 10.1. The van der Waals surface area contributed by atoms with Gasteiger partial charge < -0.3 is 4.57 Å². The van der Waals surface area contributed by atoms with Crippen molar-refractivity contribution in [3.05, 3.63) is 89.2 Å². The Morgan fingerprint density at radius 3 is 2.43 bits per heavy atom. The van der Waals surface area contributed by atoms with Crippen molar-refractivity contribution < 1.29 is 4.79 Å². The van der Waals surface area contributed by atoms with E-state index < -0.39 is 0 Å². The third kappa shape index (κ3) is 3.67. The predicted molar refractivity (Wildman–Crippen MR) is 92.3 cm³/mol. The van der Waals surface area contributed by atoms with Gasteiger partial charge in [-0.25, -0.2) is 5.43 Å². The molecule has 0 bridgehead atoms. The summed E-state index contributed by atoms with van der Waals surface area (Å²) < 4.78 is 1.89. The van der Waals surface area contributed by atoms with Crippen LogP contribution in [-0.2, 0) is 0 Å². The molecule has 1 N–H and O–H groups in total. The second-order valence-electron chi connectivity index (χ2n) is 4.86. The lowest BCUT2D eigenvalue weighted by Crippen LogP contribution is -2.19. The molecule has 1 amide bonds. The molecule has 0 aliphatic carbocycles. The molecule has 2 aromatic carbocycles. The zero-order valence-corrected chi connectivity index (χ0v) is 12.9. The minimum absolute atomic E-state index is 0.264. The van der Waals surface area contributed by atoms with Crippen molar-refractivity contribution in [3.63, 3.8) is 0 Å². The number of nitrogens with one attached hydrogen (secondary N) is 1. The number of nitrogens with zero attached hydrogens (tertiary/aromatic N) is 2. The van der Waals surface area contributed by atoms with E-state index in [1.165, 1.54) is 0 Å². The zero-order chi connectivity index (χ0) is 16.1. The van der Waals surface area contributed by atoms with Crippen LogP contribution >= 0.6 is 11.6 Å². The quantitative estimate of drug-likeness (QED) is 0.574. The maximum Gasteiger partial charge on any atom is 0.273 e. The molecule has 23 heavy (non-hydrogen) atoms. The largest absolute Gasteiger partial charge is 0.323 e. The van der Waals surface area contributed by atoms with E-state index >= 15 is 0 Å². The molecular weight excluding hydrogens is 310 g/mol. The van der Waals surface area contributed by atoms with Crippen molar-refractivity contribution >= 4 is 23.7 Å². The summed E-state index contributed by atoms with van der Waals surface area (Å²) in [7, 11) is 0. The first-order valence-electron chi connectivity index (χ1n) is 7.05. The van der Waals surface area contributed by atoms with Crippen molar-refractivity contribution in [3.8, 4) is 5.69 Å². The minimum Gasteiger partial charge on any atom is -0.323 e. The van der Waals surface area contributed by atoms with Crippen LogP contribution in [0.1, 0.15) is 15.9 Å². The summed E-state index contributed by atoms with van der Waals surface area (Å²) >= 11 is 5.83. The molecule has 0 aliphatic heterocycles. The Labute approximate surface area is 139 Å².